The van der Waals surface area contributed by atoms with Gasteiger partial charge in [-0.1, -0.05) is 24.3 Å². The zero-order chi connectivity index (χ0) is 19.2. The Balaban J connectivity index is 0.00000364. The van der Waals surface area contributed by atoms with E-state index in [-0.39, 0.29) is 48.6 Å². The van der Waals surface area contributed by atoms with Gasteiger partial charge in [-0.05, 0) is 29.3 Å². The van der Waals surface area contributed by atoms with Crippen molar-refractivity contribution < 1.29 is 17.2 Å². The zero-order valence-corrected chi connectivity index (χ0v) is 18.1. The average Bonchev–Trinajstić information content (AvgIpc) is 2.57. The van der Waals surface area contributed by atoms with Gasteiger partial charge in [0.2, 0.25) is 0 Å². The summed E-state index contributed by atoms with van der Waals surface area (Å²) in [5.74, 6) is -0.557. The number of rotatable bonds is 6. The molecule has 0 amide bonds. The van der Waals surface area contributed by atoms with Gasteiger partial charge in [0.05, 0.1) is 5.75 Å². The average molecular weight is 509 g/mol. The van der Waals surface area contributed by atoms with Crippen molar-refractivity contribution in [3.63, 3.8) is 0 Å². The number of aliphatic imine (C=N–C) groups is 1. The lowest BCUT2D eigenvalue weighted by atomic mass is 10.1. The molecule has 0 aliphatic carbocycles. The highest BCUT2D eigenvalue weighted by atomic mass is 127. The van der Waals surface area contributed by atoms with Crippen molar-refractivity contribution in [3.05, 3.63) is 70.8 Å². The van der Waals surface area contributed by atoms with Crippen molar-refractivity contribution in [3.8, 4) is 0 Å². The molecule has 0 radical (unpaired) electrons. The molecule has 0 atom stereocenters. The molecule has 148 valence electrons. The number of guanidine groups is 1. The maximum Gasteiger partial charge on any atom is 0.191 e. The highest BCUT2D eigenvalue weighted by Gasteiger charge is 2.11. The molecule has 0 unspecified atom stereocenters. The van der Waals surface area contributed by atoms with Crippen molar-refractivity contribution in [1.82, 2.24) is 10.6 Å². The van der Waals surface area contributed by atoms with Gasteiger partial charge < -0.3 is 10.6 Å². The van der Waals surface area contributed by atoms with Crippen LogP contribution in [-0.4, -0.2) is 27.7 Å². The largest absolute Gasteiger partial charge is 0.352 e. The number of nitrogens with zero attached hydrogens (tertiary/aromatic N) is 1. The highest BCUT2D eigenvalue weighted by Crippen LogP contribution is 2.14. The Morgan fingerprint density at radius 3 is 2.22 bits per heavy atom. The van der Waals surface area contributed by atoms with Gasteiger partial charge >= 0.3 is 0 Å². The SMILES string of the molecule is CN=C(NCc1ccccc1F)NCc1cc(F)ccc1CS(C)(=O)=O.I. The van der Waals surface area contributed by atoms with E-state index in [4.69, 9.17) is 0 Å². The number of sulfone groups is 1. The van der Waals surface area contributed by atoms with Gasteiger partial charge in [-0.25, -0.2) is 17.2 Å². The second-order valence-corrected chi connectivity index (χ2v) is 7.99. The maximum absolute atomic E-state index is 13.7. The van der Waals surface area contributed by atoms with E-state index in [0.29, 0.717) is 22.6 Å². The van der Waals surface area contributed by atoms with Gasteiger partial charge in [-0.3, -0.25) is 4.99 Å². The number of hydrogen-bond donors (Lipinski definition) is 2. The Labute approximate surface area is 175 Å². The van der Waals surface area contributed by atoms with Crippen LogP contribution in [0.2, 0.25) is 0 Å². The van der Waals surface area contributed by atoms with E-state index in [2.05, 4.69) is 15.6 Å². The first-order valence-electron chi connectivity index (χ1n) is 7.91. The first-order chi connectivity index (χ1) is 12.3. The van der Waals surface area contributed by atoms with Crippen LogP contribution in [0.4, 0.5) is 8.78 Å². The molecule has 0 heterocycles. The normalized spacial score (nSPS) is 11.6. The van der Waals surface area contributed by atoms with Gasteiger partial charge in [0.1, 0.15) is 11.6 Å². The van der Waals surface area contributed by atoms with E-state index < -0.39 is 15.7 Å². The van der Waals surface area contributed by atoms with Crippen LogP contribution in [0.15, 0.2) is 47.5 Å². The van der Waals surface area contributed by atoms with Crippen molar-refractivity contribution in [2.75, 3.05) is 13.3 Å². The summed E-state index contributed by atoms with van der Waals surface area (Å²) in [5.41, 5.74) is 1.52. The third-order valence-corrected chi connectivity index (χ3v) is 4.50. The Kier molecular flexibility index (Phi) is 9.10. The molecule has 5 nitrogen and oxygen atoms in total. The summed E-state index contributed by atoms with van der Waals surface area (Å²) in [6.45, 7) is 0.408. The van der Waals surface area contributed by atoms with Crippen LogP contribution in [0.5, 0.6) is 0 Å². The first-order valence-corrected chi connectivity index (χ1v) is 9.97. The van der Waals surface area contributed by atoms with Crippen LogP contribution in [0.25, 0.3) is 0 Å². The molecule has 0 fully saturated rings. The van der Waals surface area contributed by atoms with Crippen LogP contribution in [0.3, 0.4) is 0 Å². The van der Waals surface area contributed by atoms with Crippen LogP contribution in [-0.2, 0) is 28.7 Å². The number of benzene rings is 2. The summed E-state index contributed by atoms with van der Waals surface area (Å²) in [7, 11) is -1.69. The summed E-state index contributed by atoms with van der Waals surface area (Å²) in [4.78, 5) is 4.03. The molecule has 0 spiro atoms. The fourth-order valence-electron chi connectivity index (χ4n) is 2.40. The molecule has 0 bridgehead atoms. The monoisotopic (exact) mass is 509 g/mol. The lowest BCUT2D eigenvalue weighted by Gasteiger charge is -2.14. The summed E-state index contributed by atoms with van der Waals surface area (Å²) < 4.78 is 50.3. The predicted molar refractivity (Wildman–Crippen MR) is 114 cm³/mol. The maximum atomic E-state index is 13.7. The molecule has 0 aliphatic heterocycles. The zero-order valence-electron chi connectivity index (χ0n) is 15.0. The van der Waals surface area contributed by atoms with Crippen molar-refractivity contribution in [2.24, 2.45) is 4.99 Å². The van der Waals surface area contributed by atoms with E-state index in [1.807, 2.05) is 0 Å². The molecular formula is C18H22F2IN3O2S. The molecule has 2 aromatic carbocycles. The standard InChI is InChI=1S/C18H21F2N3O2S.HI/c1-21-18(22-10-13-5-3-4-6-17(13)20)23-11-15-9-16(19)8-7-14(15)12-26(2,24)25;/h3-9H,10-12H2,1-2H3,(H2,21,22,23);1H. The molecule has 0 saturated heterocycles. The first kappa shape index (κ1) is 23.3. The van der Waals surface area contributed by atoms with Gasteiger partial charge in [-0.15, -0.1) is 24.0 Å². The topological polar surface area (TPSA) is 70.6 Å². The highest BCUT2D eigenvalue weighted by molar-refractivity contribution is 14.0. The molecule has 0 aliphatic rings. The van der Waals surface area contributed by atoms with E-state index in [1.54, 1.807) is 25.2 Å². The van der Waals surface area contributed by atoms with Crippen LogP contribution >= 0.6 is 24.0 Å². The Bertz CT molecular complexity index is 905. The molecule has 2 aromatic rings. The van der Waals surface area contributed by atoms with Crippen LogP contribution < -0.4 is 10.6 Å². The van der Waals surface area contributed by atoms with Crippen LogP contribution in [0, 0.1) is 11.6 Å². The number of halogens is 3. The second kappa shape index (κ2) is 10.5. The molecular weight excluding hydrogens is 487 g/mol. The summed E-state index contributed by atoms with van der Waals surface area (Å²) in [6.07, 6.45) is 1.13. The van der Waals surface area contributed by atoms with Gasteiger partial charge in [-0.2, -0.15) is 0 Å². The van der Waals surface area contributed by atoms with E-state index >= 15 is 0 Å². The quantitative estimate of drug-likeness (QED) is 0.357. The third kappa shape index (κ3) is 7.79. The van der Waals surface area contributed by atoms with Gasteiger partial charge in [0, 0.05) is 32.0 Å². The molecule has 9 heteroatoms. The van der Waals surface area contributed by atoms with Crippen molar-refractivity contribution in [1.29, 1.82) is 0 Å². The molecule has 0 aromatic heterocycles. The Morgan fingerprint density at radius 1 is 1.00 bits per heavy atom. The van der Waals surface area contributed by atoms with Gasteiger partial charge in [0.25, 0.3) is 0 Å². The predicted octanol–water partition coefficient (Wildman–Crippen LogP) is 2.99. The second-order valence-electron chi connectivity index (χ2n) is 5.85. The Hall–Kier alpha value is -1.75. The number of nitrogens with one attached hydrogen (secondary N) is 2. The fraction of sp³-hybridized carbons (Fsp3) is 0.278. The number of hydrogen-bond acceptors (Lipinski definition) is 3. The lowest BCUT2D eigenvalue weighted by molar-refractivity contribution is 0.599. The molecule has 2 N–H and O–H groups in total. The van der Waals surface area contributed by atoms with Gasteiger partial charge in [0.15, 0.2) is 15.8 Å². The van der Waals surface area contributed by atoms with E-state index in [1.165, 1.54) is 24.3 Å². The minimum absolute atomic E-state index is 0. The molecule has 0 saturated carbocycles. The Morgan fingerprint density at radius 2 is 1.63 bits per heavy atom. The summed E-state index contributed by atoms with van der Waals surface area (Å²) in [6, 6.07) is 10.4. The van der Waals surface area contributed by atoms with Crippen molar-refractivity contribution >= 4 is 39.8 Å². The lowest BCUT2D eigenvalue weighted by Crippen LogP contribution is -2.36. The summed E-state index contributed by atoms with van der Waals surface area (Å²) >= 11 is 0. The van der Waals surface area contributed by atoms with Crippen LogP contribution in [0.1, 0.15) is 16.7 Å². The van der Waals surface area contributed by atoms with Crippen molar-refractivity contribution in [2.45, 2.75) is 18.8 Å². The van der Waals surface area contributed by atoms with E-state index in [0.717, 1.165) is 6.26 Å². The third-order valence-electron chi connectivity index (χ3n) is 3.66. The molecule has 2 rings (SSSR count). The minimum Gasteiger partial charge on any atom is -0.352 e. The minimum atomic E-state index is -3.25. The smallest absolute Gasteiger partial charge is 0.191 e. The fourth-order valence-corrected chi connectivity index (χ4v) is 3.25. The van der Waals surface area contributed by atoms with E-state index in [9.17, 15) is 17.2 Å². The summed E-state index contributed by atoms with van der Waals surface area (Å²) in [5, 5.41) is 5.95. The molecule has 27 heavy (non-hydrogen) atoms.